The number of nitrogens with zero attached hydrogens (tertiary/aromatic N) is 3. The highest BCUT2D eigenvalue weighted by molar-refractivity contribution is 7.18. The fraction of sp³-hybridized carbons (Fsp3) is 0.268. The van der Waals surface area contributed by atoms with Crippen LogP contribution in [0.3, 0.4) is 0 Å². The number of pyridine rings is 1. The third kappa shape index (κ3) is 6.58. The molecule has 270 valence electrons. The van der Waals surface area contributed by atoms with Gasteiger partial charge in [0.15, 0.2) is 0 Å². The quantitative estimate of drug-likeness (QED) is 0.180. The predicted molar refractivity (Wildman–Crippen MR) is 207 cm³/mol. The molecule has 2 saturated heterocycles. The molecule has 3 amide bonds. The molecular formula is C41H37ClFN5O4S. The van der Waals surface area contributed by atoms with E-state index in [1.807, 2.05) is 37.3 Å². The maximum atomic E-state index is 14.5. The maximum Gasteiger partial charge on any atom is 0.267 e. The summed E-state index contributed by atoms with van der Waals surface area (Å²) >= 11 is 8.09. The topological polar surface area (TPSA) is 104 Å². The molecule has 3 aliphatic heterocycles. The molecule has 5 aromatic rings. The Morgan fingerprint density at radius 3 is 2.45 bits per heavy atom. The Kier molecular flexibility index (Phi) is 9.26. The number of para-hydroxylation sites is 2. The number of ether oxygens (including phenoxy) is 1. The van der Waals surface area contributed by atoms with Gasteiger partial charge in [0, 0.05) is 66.2 Å². The molecule has 2 aromatic heterocycles. The van der Waals surface area contributed by atoms with E-state index in [4.69, 9.17) is 16.3 Å². The molecule has 2 N–H and O–H groups in total. The van der Waals surface area contributed by atoms with E-state index in [9.17, 15) is 18.8 Å². The Morgan fingerprint density at radius 2 is 1.70 bits per heavy atom. The van der Waals surface area contributed by atoms with Gasteiger partial charge in [-0.15, -0.1) is 11.3 Å². The predicted octanol–water partition coefficient (Wildman–Crippen LogP) is 8.54. The highest BCUT2D eigenvalue weighted by Gasteiger charge is 2.45. The van der Waals surface area contributed by atoms with E-state index in [2.05, 4.69) is 20.5 Å². The molecule has 0 radical (unpaired) electrons. The first-order valence-corrected chi connectivity index (χ1v) is 18.8. The normalized spacial score (nSPS) is 15.9. The summed E-state index contributed by atoms with van der Waals surface area (Å²) in [6.45, 7) is 7.22. The lowest BCUT2D eigenvalue weighted by atomic mass is 9.73. The number of aryl methyl sites for hydroxylation is 2. The van der Waals surface area contributed by atoms with Crippen molar-refractivity contribution in [3.05, 3.63) is 123 Å². The highest BCUT2D eigenvalue weighted by atomic mass is 35.5. The monoisotopic (exact) mass is 749 g/mol. The number of anilines is 4. The average molecular weight is 750 g/mol. The van der Waals surface area contributed by atoms with E-state index in [0.717, 1.165) is 60.7 Å². The van der Waals surface area contributed by atoms with E-state index in [1.165, 1.54) is 17.4 Å². The van der Waals surface area contributed by atoms with Crippen LogP contribution in [0.2, 0.25) is 5.02 Å². The third-order valence-electron chi connectivity index (χ3n) is 10.4. The number of carbonyl (C=O) groups excluding carboxylic acids is 3. The smallest absolute Gasteiger partial charge is 0.267 e. The molecule has 12 heteroatoms. The van der Waals surface area contributed by atoms with Gasteiger partial charge in [0.1, 0.15) is 16.5 Å². The van der Waals surface area contributed by atoms with Crippen LogP contribution >= 0.6 is 22.9 Å². The van der Waals surface area contributed by atoms with Crippen LogP contribution in [0.4, 0.5) is 27.3 Å². The molecule has 0 atom stereocenters. The summed E-state index contributed by atoms with van der Waals surface area (Å²) in [5.74, 6) is -0.800. The third-order valence-corrected chi connectivity index (χ3v) is 12.2. The summed E-state index contributed by atoms with van der Waals surface area (Å²) in [6.07, 6.45) is 4.24. The second-order valence-electron chi connectivity index (χ2n) is 14.0. The Bertz CT molecular complexity index is 2240. The lowest BCUT2D eigenvalue weighted by Gasteiger charge is -2.53. The standard InChI is InChI=1S/C41H37ClFN5O4S/c1-24-20-30(37(44-21-24)47-22-41(23-47)15-18-52-19-16-41)38(49)45-27-12-10-26(11-13-27)40(51)48-17-14-29-33(42)36(53-35(29)28-7-3-4-9-32(28)48)39(50)46-34-25(2)6-5-8-31(34)43/h3-13,20-21H,14-19,22-23H2,1-2H3,(H,45,49)(H,46,50). The zero-order valence-electron chi connectivity index (χ0n) is 29.3. The van der Waals surface area contributed by atoms with E-state index < -0.39 is 11.7 Å². The highest BCUT2D eigenvalue weighted by Crippen LogP contribution is 2.46. The van der Waals surface area contributed by atoms with Crippen molar-refractivity contribution in [1.82, 2.24) is 4.98 Å². The molecular weight excluding hydrogens is 713 g/mol. The molecule has 0 unspecified atom stereocenters. The minimum atomic E-state index is -0.522. The van der Waals surface area contributed by atoms with Gasteiger partial charge in [0.2, 0.25) is 0 Å². The molecule has 9 nitrogen and oxygen atoms in total. The fourth-order valence-electron chi connectivity index (χ4n) is 7.51. The van der Waals surface area contributed by atoms with Crippen LogP contribution in [0, 0.1) is 25.1 Å². The van der Waals surface area contributed by atoms with Gasteiger partial charge in [-0.3, -0.25) is 14.4 Å². The zero-order chi connectivity index (χ0) is 36.9. The minimum absolute atomic E-state index is 0.118. The first kappa shape index (κ1) is 35.0. The summed E-state index contributed by atoms with van der Waals surface area (Å²) < 4.78 is 20.1. The van der Waals surface area contributed by atoms with Crippen molar-refractivity contribution in [3.63, 3.8) is 0 Å². The first-order valence-electron chi connectivity index (χ1n) is 17.6. The number of hydrogen-bond acceptors (Lipinski definition) is 7. The van der Waals surface area contributed by atoms with E-state index >= 15 is 0 Å². The van der Waals surface area contributed by atoms with Crippen molar-refractivity contribution in [2.24, 2.45) is 5.41 Å². The molecule has 2 fully saturated rings. The summed E-state index contributed by atoms with van der Waals surface area (Å²) in [5.41, 5.74) is 5.61. The van der Waals surface area contributed by atoms with Crippen LogP contribution in [0.25, 0.3) is 10.4 Å². The van der Waals surface area contributed by atoms with Crippen molar-refractivity contribution in [2.75, 3.05) is 53.3 Å². The SMILES string of the molecule is Cc1cnc(N2CC3(CCOCC3)C2)c(C(=O)Nc2ccc(C(=O)N3CCc4c(sc(C(=O)Nc5c(C)cccc5F)c4Cl)-c4ccccc43)cc2)c1. The van der Waals surface area contributed by atoms with Crippen LogP contribution in [0.1, 0.15) is 59.9 Å². The molecule has 8 rings (SSSR count). The molecule has 5 heterocycles. The number of aromatic nitrogens is 1. The Labute approximate surface area is 315 Å². The number of benzene rings is 3. The molecule has 3 aliphatic rings. The van der Waals surface area contributed by atoms with Gasteiger partial charge in [-0.25, -0.2) is 9.37 Å². The van der Waals surface area contributed by atoms with Gasteiger partial charge in [0.05, 0.1) is 22.0 Å². The number of amides is 3. The second kappa shape index (κ2) is 14.0. The largest absolute Gasteiger partial charge is 0.381 e. The van der Waals surface area contributed by atoms with Crippen LogP contribution in [-0.2, 0) is 11.2 Å². The van der Waals surface area contributed by atoms with Crippen LogP contribution < -0.4 is 20.4 Å². The lowest BCUT2D eigenvalue weighted by Crippen LogP contribution is -2.59. The van der Waals surface area contributed by atoms with Gasteiger partial charge < -0.3 is 25.2 Å². The first-order chi connectivity index (χ1) is 25.6. The summed E-state index contributed by atoms with van der Waals surface area (Å²) in [4.78, 5) is 50.7. The number of carbonyl (C=O) groups is 3. The molecule has 53 heavy (non-hydrogen) atoms. The lowest BCUT2D eigenvalue weighted by molar-refractivity contribution is -0.000511. The molecule has 3 aromatic carbocycles. The number of hydrogen-bond donors (Lipinski definition) is 2. The number of halogens is 2. The fourth-order valence-corrected chi connectivity index (χ4v) is 9.13. The zero-order valence-corrected chi connectivity index (χ0v) is 30.9. The van der Waals surface area contributed by atoms with Gasteiger partial charge in [-0.1, -0.05) is 41.9 Å². The Balaban J connectivity index is 0.991. The number of thiophene rings is 1. The van der Waals surface area contributed by atoms with Crippen molar-refractivity contribution in [1.29, 1.82) is 0 Å². The van der Waals surface area contributed by atoms with Crippen LogP contribution in [-0.4, -0.2) is 55.6 Å². The second-order valence-corrected chi connectivity index (χ2v) is 15.4. The van der Waals surface area contributed by atoms with Gasteiger partial charge in [-0.05, 0) is 92.3 Å². The van der Waals surface area contributed by atoms with E-state index in [-0.39, 0.29) is 27.8 Å². The van der Waals surface area contributed by atoms with Crippen molar-refractivity contribution >= 4 is 63.5 Å². The minimum Gasteiger partial charge on any atom is -0.381 e. The van der Waals surface area contributed by atoms with Crippen molar-refractivity contribution < 1.29 is 23.5 Å². The molecule has 1 spiro atoms. The van der Waals surface area contributed by atoms with Gasteiger partial charge in [0.25, 0.3) is 17.7 Å². The van der Waals surface area contributed by atoms with Crippen LogP contribution in [0.5, 0.6) is 0 Å². The average Bonchev–Trinajstić information content (AvgIpc) is 3.38. The van der Waals surface area contributed by atoms with E-state index in [0.29, 0.717) is 51.9 Å². The molecule has 0 saturated carbocycles. The summed E-state index contributed by atoms with van der Waals surface area (Å²) in [7, 11) is 0. The van der Waals surface area contributed by atoms with Crippen LogP contribution in [0.15, 0.2) is 79.0 Å². The van der Waals surface area contributed by atoms with Crippen molar-refractivity contribution in [2.45, 2.75) is 33.1 Å². The van der Waals surface area contributed by atoms with Gasteiger partial charge in [-0.2, -0.15) is 0 Å². The Morgan fingerprint density at radius 1 is 0.943 bits per heavy atom. The summed E-state index contributed by atoms with van der Waals surface area (Å²) in [5, 5.41) is 6.00. The summed E-state index contributed by atoms with van der Waals surface area (Å²) in [6, 6.07) is 20.9. The number of fused-ring (bicyclic) bond motifs is 3. The number of rotatable bonds is 6. The van der Waals surface area contributed by atoms with Crippen molar-refractivity contribution in [3.8, 4) is 10.4 Å². The number of nitrogens with one attached hydrogen (secondary N) is 2. The Hall–Kier alpha value is -5.10. The molecule has 0 bridgehead atoms. The maximum absolute atomic E-state index is 14.5. The molecule has 0 aliphatic carbocycles. The van der Waals surface area contributed by atoms with E-state index in [1.54, 1.807) is 54.4 Å². The van der Waals surface area contributed by atoms with Gasteiger partial charge >= 0.3 is 0 Å².